The van der Waals surface area contributed by atoms with Crippen molar-refractivity contribution in [3.63, 3.8) is 0 Å². The fourth-order valence-electron chi connectivity index (χ4n) is 4.33. The van der Waals surface area contributed by atoms with Crippen molar-refractivity contribution in [2.75, 3.05) is 4.90 Å². The number of anilines is 1. The van der Waals surface area contributed by atoms with Gasteiger partial charge in [-0.05, 0) is 67.9 Å². The topological polar surface area (TPSA) is 75.2 Å². The first kappa shape index (κ1) is 22.1. The number of aromatic nitrogens is 2. The van der Waals surface area contributed by atoms with Gasteiger partial charge in [-0.2, -0.15) is 0 Å². The van der Waals surface area contributed by atoms with E-state index in [-0.39, 0.29) is 23.6 Å². The Labute approximate surface area is 192 Å². The number of hydrogen-bond donors (Lipinski definition) is 1. The van der Waals surface area contributed by atoms with Crippen LogP contribution >= 0.6 is 11.5 Å². The highest BCUT2D eigenvalue weighted by atomic mass is 32.1. The molecule has 1 aromatic heterocycles. The van der Waals surface area contributed by atoms with Crippen molar-refractivity contribution in [1.82, 2.24) is 14.9 Å². The Hall–Kier alpha value is -3.06. The van der Waals surface area contributed by atoms with E-state index < -0.39 is 6.04 Å². The van der Waals surface area contributed by atoms with Gasteiger partial charge in [0.05, 0.1) is 0 Å². The standard InChI is InChI=1S/C25H28N4O2S/c1-16-7-6-8-19(13-16)23(24(30)26-20-9-4-5-10-20)29(25(31)21-15-32-28-27-21)22-14-17(2)11-12-18(22)3/h6-8,11-15,20,23H,4-5,9-10H2,1-3H3,(H,26,30). The molecule has 2 aromatic carbocycles. The summed E-state index contributed by atoms with van der Waals surface area (Å²) in [5.41, 5.74) is 4.68. The van der Waals surface area contributed by atoms with E-state index in [1.54, 1.807) is 10.3 Å². The monoisotopic (exact) mass is 448 g/mol. The predicted molar refractivity (Wildman–Crippen MR) is 127 cm³/mol. The fraction of sp³-hybridized carbons (Fsp3) is 0.360. The molecule has 1 fully saturated rings. The molecule has 1 saturated carbocycles. The van der Waals surface area contributed by atoms with Crippen LogP contribution in [-0.4, -0.2) is 27.4 Å². The summed E-state index contributed by atoms with van der Waals surface area (Å²) in [5, 5.41) is 8.86. The maximum atomic E-state index is 13.8. The summed E-state index contributed by atoms with van der Waals surface area (Å²) in [6, 6.07) is 13.1. The van der Waals surface area contributed by atoms with E-state index in [1.165, 1.54) is 0 Å². The molecule has 2 amide bonds. The molecule has 166 valence electrons. The van der Waals surface area contributed by atoms with Crippen molar-refractivity contribution in [1.29, 1.82) is 0 Å². The third-order valence-corrected chi connectivity index (χ3v) is 6.49. The van der Waals surface area contributed by atoms with E-state index in [2.05, 4.69) is 14.9 Å². The Morgan fingerprint density at radius 2 is 1.81 bits per heavy atom. The predicted octanol–water partition coefficient (Wildman–Crippen LogP) is 4.91. The van der Waals surface area contributed by atoms with Crippen LogP contribution in [0.15, 0.2) is 47.8 Å². The Balaban J connectivity index is 1.86. The van der Waals surface area contributed by atoms with Gasteiger partial charge < -0.3 is 5.32 Å². The van der Waals surface area contributed by atoms with Gasteiger partial charge in [-0.3, -0.25) is 14.5 Å². The van der Waals surface area contributed by atoms with Crippen LogP contribution in [0.2, 0.25) is 0 Å². The second-order valence-corrected chi connectivity index (χ2v) is 9.17. The molecule has 4 rings (SSSR count). The van der Waals surface area contributed by atoms with E-state index >= 15 is 0 Å². The van der Waals surface area contributed by atoms with E-state index in [9.17, 15) is 9.59 Å². The minimum atomic E-state index is -0.815. The average molecular weight is 449 g/mol. The van der Waals surface area contributed by atoms with Crippen molar-refractivity contribution in [2.45, 2.75) is 58.5 Å². The van der Waals surface area contributed by atoms with E-state index in [0.29, 0.717) is 5.69 Å². The van der Waals surface area contributed by atoms with Gasteiger partial charge in [0.25, 0.3) is 5.91 Å². The molecule has 1 unspecified atom stereocenters. The normalized spacial score (nSPS) is 14.8. The molecular weight excluding hydrogens is 420 g/mol. The lowest BCUT2D eigenvalue weighted by Crippen LogP contribution is -2.46. The molecule has 3 aromatic rings. The zero-order chi connectivity index (χ0) is 22.7. The van der Waals surface area contributed by atoms with Crippen molar-refractivity contribution >= 4 is 29.0 Å². The van der Waals surface area contributed by atoms with Gasteiger partial charge in [-0.25, -0.2) is 0 Å². The summed E-state index contributed by atoms with van der Waals surface area (Å²) in [7, 11) is 0. The van der Waals surface area contributed by atoms with Crippen LogP contribution in [0.5, 0.6) is 0 Å². The summed E-state index contributed by atoms with van der Waals surface area (Å²) < 4.78 is 3.88. The first-order valence-corrected chi connectivity index (χ1v) is 11.8. The zero-order valence-corrected chi connectivity index (χ0v) is 19.5. The Kier molecular flexibility index (Phi) is 6.65. The van der Waals surface area contributed by atoms with Gasteiger partial charge in [-0.1, -0.05) is 59.3 Å². The molecule has 0 bridgehead atoms. The van der Waals surface area contributed by atoms with Crippen LogP contribution in [0.4, 0.5) is 5.69 Å². The summed E-state index contributed by atoms with van der Waals surface area (Å²) in [4.78, 5) is 29.1. The number of hydrogen-bond acceptors (Lipinski definition) is 5. The van der Waals surface area contributed by atoms with Gasteiger partial charge in [0, 0.05) is 17.1 Å². The van der Waals surface area contributed by atoms with Crippen molar-refractivity contribution in [3.8, 4) is 0 Å². The summed E-state index contributed by atoms with van der Waals surface area (Å²) in [6.07, 6.45) is 4.17. The number of carbonyl (C=O) groups is 2. The van der Waals surface area contributed by atoms with E-state index in [1.807, 2.05) is 63.2 Å². The van der Waals surface area contributed by atoms with Gasteiger partial charge >= 0.3 is 0 Å². The molecule has 0 aliphatic heterocycles. The zero-order valence-electron chi connectivity index (χ0n) is 18.7. The average Bonchev–Trinajstić information content (AvgIpc) is 3.47. The molecule has 0 radical (unpaired) electrons. The molecule has 1 aliphatic rings. The Morgan fingerprint density at radius 1 is 1.06 bits per heavy atom. The molecule has 32 heavy (non-hydrogen) atoms. The van der Waals surface area contributed by atoms with Crippen LogP contribution in [0.25, 0.3) is 0 Å². The molecular formula is C25H28N4O2S. The number of nitrogens with zero attached hydrogens (tertiary/aromatic N) is 3. The van der Waals surface area contributed by atoms with Crippen LogP contribution in [0, 0.1) is 20.8 Å². The maximum Gasteiger partial charge on any atom is 0.280 e. The highest BCUT2D eigenvalue weighted by Crippen LogP contribution is 2.33. The molecule has 1 heterocycles. The minimum absolute atomic E-state index is 0.145. The highest BCUT2D eigenvalue weighted by Gasteiger charge is 2.36. The summed E-state index contributed by atoms with van der Waals surface area (Å²) in [5.74, 6) is -0.500. The second-order valence-electron chi connectivity index (χ2n) is 8.56. The molecule has 1 aliphatic carbocycles. The lowest BCUT2D eigenvalue weighted by molar-refractivity contribution is -0.123. The quantitative estimate of drug-likeness (QED) is 0.581. The van der Waals surface area contributed by atoms with Gasteiger partial charge in [-0.15, -0.1) is 5.10 Å². The second kappa shape index (κ2) is 9.61. The summed E-state index contributed by atoms with van der Waals surface area (Å²) >= 11 is 1.12. The Bertz CT molecular complexity index is 1110. The van der Waals surface area contributed by atoms with Crippen LogP contribution in [0.1, 0.15) is 64.5 Å². The van der Waals surface area contributed by atoms with Gasteiger partial charge in [0.2, 0.25) is 5.91 Å². The van der Waals surface area contributed by atoms with Crippen molar-refractivity contribution < 1.29 is 9.59 Å². The molecule has 0 saturated heterocycles. The SMILES string of the molecule is Cc1cccc(C(C(=O)NC2CCCC2)N(C(=O)c2csnn2)c2cc(C)ccc2C)c1. The number of nitrogens with one attached hydrogen (secondary N) is 1. The lowest BCUT2D eigenvalue weighted by atomic mass is 9.98. The number of rotatable bonds is 6. The molecule has 7 heteroatoms. The maximum absolute atomic E-state index is 13.8. The lowest BCUT2D eigenvalue weighted by Gasteiger charge is -2.33. The molecule has 0 spiro atoms. The fourth-order valence-corrected chi connectivity index (χ4v) is 4.76. The Morgan fingerprint density at radius 3 is 2.50 bits per heavy atom. The van der Waals surface area contributed by atoms with E-state index in [4.69, 9.17) is 0 Å². The third kappa shape index (κ3) is 4.72. The molecule has 6 nitrogen and oxygen atoms in total. The highest BCUT2D eigenvalue weighted by molar-refractivity contribution is 7.03. The first-order chi connectivity index (χ1) is 15.4. The van der Waals surface area contributed by atoms with Crippen LogP contribution < -0.4 is 10.2 Å². The third-order valence-electron chi connectivity index (χ3n) is 5.99. The van der Waals surface area contributed by atoms with Crippen LogP contribution in [-0.2, 0) is 4.79 Å². The summed E-state index contributed by atoms with van der Waals surface area (Å²) in [6.45, 7) is 5.93. The van der Waals surface area contributed by atoms with Crippen molar-refractivity contribution in [3.05, 3.63) is 75.8 Å². The smallest absolute Gasteiger partial charge is 0.280 e. The first-order valence-electron chi connectivity index (χ1n) is 11.0. The van der Waals surface area contributed by atoms with E-state index in [0.717, 1.165) is 59.5 Å². The van der Waals surface area contributed by atoms with Crippen molar-refractivity contribution in [2.24, 2.45) is 0 Å². The molecule has 1 N–H and O–H groups in total. The minimum Gasteiger partial charge on any atom is -0.351 e. The van der Waals surface area contributed by atoms with Crippen LogP contribution in [0.3, 0.4) is 0 Å². The number of carbonyl (C=O) groups excluding carboxylic acids is 2. The van der Waals surface area contributed by atoms with Gasteiger partial charge in [0.15, 0.2) is 5.69 Å². The number of amides is 2. The van der Waals surface area contributed by atoms with Gasteiger partial charge in [0.1, 0.15) is 6.04 Å². The molecule has 1 atom stereocenters. The largest absolute Gasteiger partial charge is 0.351 e. The number of benzene rings is 2. The number of aryl methyl sites for hydroxylation is 3.